The molecule has 0 fully saturated rings. The largest absolute Gasteiger partial charge is 0.308 e. The molecule has 0 saturated carbocycles. The zero-order valence-electron chi connectivity index (χ0n) is 10.2. The Balaban J connectivity index is 2.56. The second-order valence-electron chi connectivity index (χ2n) is 3.85. The van der Waals surface area contributed by atoms with E-state index in [1.165, 1.54) is 0 Å². The van der Waals surface area contributed by atoms with E-state index in [0.717, 1.165) is 27.7 Å². The molecule has 2 aromatic rings. The van der Waals surface area contributed by atoms with Gasteiger partial charge in [-0.3, -0.25) is 4.98 Å². The van der Waals surface area contributed by atoms with Crippen molar-refractivity contribution in [1.82, 2.24) is 15.0 Å². The number of anilines is 1. The minimum Gasteiger partial charge on any atom is -0.308 e. The summed E-state index contributed by atoms with van der Waals surface area (Å²) in [4.78, 5) is 13.0. The quantitative estimate of drug-likeness (QED) is 0.673. The number of halogens is 1. The Kier molecular flexibility index (Phi) is 3.88. The smallest absolute Gasteiger partial charge is 0.163 e. The highest BCUT2D eigenvalue weighted by Crippen LogP contribution is 2.23. The molecule has 0 aromatic carbocycles. The van der Waals surface area contributed by atoms with E-state index in [1.807, 2.05) is 19.9 Å². The lowest BCUT2D eigenvalue weighted by Gasteiger charge is -2.11. The maximum Gasteiger partial charge on any atom is 0.163 e. The van der Waals surface area contributed by atoms with E-state index in [4.69, 9.17) is 5.84 Å². The topological polar surface area (TPSA) is 76.7 Å². The van der Waals surface area contributed by atoms with Gasteiger partial charge in [-0.15, -0.1) is 0 Å². The third-order valence-corrected chi connectivity index (χ3v) is 3.10. The molecule has 0 aliphatic carbocycles. The van der Waals surface area contributed by atoms with E-state index in [9.17, 15) is 0 Å². The first kappa shape index (κ1) is 12.9. The maximum atomic E-state index is 5.51. The van der Waals surface area contributed by atoms with E-state index in [1.54, 1.807) is 12.4 Å². The van der Waals surface area contributed by atoms with Crippen LogP contribution in [0.2, 0.25) is 0 Å². The van der Waals surface area contributed by atoms with Crippen molar-refractivity contribution >= 4 is 21.7 Å². The predicted molar refractivity (Wildman–Crippen MR) is 74.9 cm³/mol. The van der Waals surface area contributed by atoms with Crippen molar-refractivity contribution in [1.29, 1.82) is 0 Å². The minimum absolute atomic E-state index is 0.617. The minimum atomic E-state index is 0.617. The number of pyridine rings is 1. The first-order valence-corrected chi connectivity index (χ1v) is 6.40. The van der Waals surface area contributed by atoms with Crippen molar-refractivity contribution in [3.63, 3.8) is 0 Å². The average Bonchev–Trinajstić information content (AvgIpc) is 2.37. The lowest BCUT2D eigenvalue weighted by molar-refractivity contribution is 0.993. The third kappa shape index (κ3) is 2.49. The van der Waals surface area contributed by atoms with Crippen molar-refractivity contribution in [2.45, 2.75) is 20.3 Å². The molecule has 0 radical (unpaired) electrons. The van der Waals surface area contributed by atoms with Gasteiger partial charge in [-0.25, -0.2) is 15.8 Å². The summed E-state index contributed by atoms with van der Waals surface area (Å²) in [6, 6.07) is 1.92. The van der Waals surface area contributed by atoms with E-state index < -0.39 is 0 Å². The molecule has 2 rings (SSSR count). The van der Waals surface area contributed by atoms with Crippen LogP contribution in [0.5, 0.6) is 0 Å². The van der Waals surface area contributed by atoms with Crippen LogP contribution in [-0.4, -0.2) is 15.0 Å². The molecule has 2 heterocycles. The Labute approximate surface area is 114 Å². The number of aryl methyl sites for hydroxylation is 1. The molecule has 2 aromatic heterocycles. The van der Waals surface area contributed by atoms with E-state index >= 15 is 0 Å². The number of hydrogen-bond donors (Lipinski definition) is 2. The zero-order valence-corrected chi connectivity index (χ0v) is 11.8. The van der Waals surface area contributed by atoms with Crippen LogP contribution in [0.25, 0.3) is 11.4 Å². The van der Waals surface area contributed by atoms with E-state index in [-0.39, 0.29) is 0 Å². The maximum absolute atomic E-state index is 5.51. The summed E-state index contributed by atoms with van der Waals surface area (Å²) >= 11 is 3.38. The van der Waals surface area contributed by atoms with Gasteiger partial charge in [0.25, 0.3) is 0 Å². The van der Waals surface area contributed by atoms with Gasteiger partial charge in [-0.2, -0.15) is 0 Å². The number of hydrogen-bond acceptors (Lipinski definition) is 5. The molecular formula is C12H14BrN5. The summed E-state index contributed by atoms with van der Waals surface area (Å²) in [7, 11) is 0. The van der Waals surface area contributed by atoms with Crippen molar-refractivity contribution in [2.75, 3.05) is 5.43 Å². The fraction of sp³-hybridized carbons (Fsp3) is 0.250. The number of hydrazine groups is 1. The molecule has 0 spiro atoms. The first-order valence-electron chi connectivity index (χ1n) is 5.60. The van der Waals surface area contributed by atoms with Gasteiger partial charge in [0, 0.05) is 33.7 Å². The number of nitrogens with one attached hydrogen (secondary N) is 1. The van der Waals surface area contributed by atoms with Crippen LogP contribution in [-0.2, 0) is 6.42 Å². The molecule has 0 unspecified atom stereocenters. The summed E-state index contributed by atoms with van der Waals surface area (Å²) in [5, 5.41) is 0. The molecule has 5 nitrogen and oxygen atoms in total. The van der Waals surface area contributed by atoms with Crippen LogP contribution in [0, 0.1) is 6.92 Å². The normalized spacial score (nSPS) is 10.4. The third-order valence-electron chi connectivity index (χ3n) is 2.67. The van der Waals surface area contributed by atoms with Crippen LogP contribution < -0.4 is 11.3 Å². The summed E-state index contributed by atoms with van der Waals surface area (Å²) in [5.41, 5.74) is 5.44. The Morgan fingerprint density at radius 1 is 1.33 bits per heavy atom. The fourth-order valence-electron chi connectivity index (χ4n) is 1.80. The van der Waals surface area contributed by atoms with Crippen molar-refractivity contribution < 1.29 is 0 Å². The molecular weight excluding hydrogens is 294 g/mol. The Bertz CT molecular complexity index is 570. The molecule has 0 aliphatic heterocycles. The Morgan fingerprint density at radius 3 is 2.72 bits per heavy atom. The molecule has 3 N–H and O–H groups in total. The molecule has 94 valence electrons. The molecule has 0 aliphatic rings. The highest BCUT2D eigenvalue weighted by Gasteiger charge is 2.11. The van der Waals surface area contributed by atoms with Crippen molar-refractivity contribution in [3.8, 4) is 11.4 Å². The van der Waals surface area contributed by atoms with Crippen molar-refractivity contribution in [3.05, 3.63) is 34.2 Å². The van der Waals surface area contributed by atoms with Crippen LogP contribution >= 0.6 is 15.9 Å². The average molecular weight is 308 g/mol. The van der Waals surface area contributed by atoms with Crippen LogP contribution in [0.4, 0.5) is 5.82 Å². The zero-order chi connectivity index (χ0) is 13.1. The molecule has 18 heavy (non-hydrogen) atoms. The predicted octanol–water partition coefficient (Wildman–Crippen LogP) is 2.46. The van der Waals surface area contributed by atoms with Crippen molar-refractivity contribution in [2.24, 2.45) is 5.84 Å². The summed E-state index contributed by atoms with van der Waals surface area (Å²) in [6.07, 6.45) is 4.28. The Hall–Kier alpha value is -1.53. The molecule has 0 saturated heterocycles. The van der Waals surface area contributed by atoms with Gasteiger partial charge in [0.1, 0.15) is 5.82 Å². The van der Waals surface area contributed by atoms with Gasteiger partial charge in [0.2, 0.25) is 0 Å². The fourth-order valence-corrected chi connectivity index (χ4v) is 2.17. The SMILES string of the molecule is CCc1c(C)nc(-c2cncc(Br)c2)nc1NN. The summed E-state index contributed by atoms with van der Waals surface area (Å²) in [5.74, 6) is 6.79. The van der Waals surface area contributed by atoms with Crippen LogP contribution in [0.3, 0.4) is 0 Å². The molecule has 0 bridgehead atoms. The molecule has 0 amide bonds. The van der Waals surface area contributed by atoms with Gasteiger partial charge < -0.3 is 5.43 Å². The van der Waals surface area contributed by atoms with Gasteiger partial charge >= 0.3 is 0 Å². The summed E-state index contributed by atoms with van der Waals surface area (Å²) < 4.78 is 0.892. The molecule has 0 atom stereocenters. The number of nitrogen functional groups attached to an aromatic ring is 1. The highest BCUT2D eigenvalue weighted by atomic mass is 79.9. The van der Waals surface area contributed by atoms with E-state index in [0.29, 0.717) is 11.6 Å². The first-order chi connectivity index (χ1) is 8.65. The second kappa shape index (κ2) is 5.41. The number of aromatic nitrogens is 3. The standard InChI is InChI=1S/C12H14BrN5/c1-3-10-7(2)16-11(17-12(10)18-14)8-4-9(13)6-15-5-8/h4-6H,3,14H2,1-2H3,(H,16,17,18). The lowest BCUT2D eigenvalue weighted by atomic mass is 10.1. The highest BCUT2D eigenvalue weighted by molar-refractivity contribution is 9.10. The van der Waals surface area contributed by atoms with Gasteiger partial charge in [0.05, 0.1) is 0 Å². The van der Waals surface area contributed by atoms with E-state index in [2.05, 4.69) is 36.3 Å². The second-order valence-corrected chi connectivity index (χ2v) is 4.77. The monoisotopic (exact) mass is 307 g/mol. The van der Waals surface area contributed by atoms with Gasteiger partial charge in [0.15, 0.2) is 5.82 Å². The molecule has 6 heteroatoms. The Morgan fingerprint density at radius 2 is 2.11 bits per heavy atom. The van der Waals surface area contributed by atoms with Gasteiger partial charge in [-0.1, -0.05) is 6.92 Å². The van der Waals surface area contributed by atoms with Gasteiger partial charge in [-0.05, 0) is 35.3 Å². The number of nitrogens with two attached hydrogens (primary N) is 1. The number of rotatable bonds is 3. The van der Waals surface area contributed by atoms with Crippen LogP contribution in [0.15, 0.2) is 22.9 Å². The summed E-state index contributed by atoms with van der Waals surface area (Å²) in [6.45, 7) is 4.00. The van der Waals surface area contributed by atoms with Crippen LogP contribution in [0.1, 0.15) is 18.2 Å². The lowest BCUT2D eigenvalue weighted by Crippen LogP contribution is -2.13. The number of nitrogens with zero attached hydrogens (tertiary/aromatic N) is 3.